The zero-order valence-electron chi connectivity index (χ0n) is 16.0. The maximum Gasteiger partial charge on any atom is 0.247 e. The summed E-state index contributed by atoms with van der Waals surface area (Å²) in [6.45, 7) is 2.96. The van der Waals surface area contributed by atoms with Crippen LogP contribution >= 0.6 is 0 Å². The molecule has 1 spiro atoms. The largest absolute Gasteiger partial charge is 0.339 e. The van der Waals surface area contributed by atoms with Crippen molar-refractivity contribution in [3.63, 3.8) is 0 Å². The second kappa shape index (κ2) is 7.22. The van der Waals surface area contributed by atoms with Gasteiger partial charge in [-0.3, -0.25) is 9.69 Å². The highest BCUT2D eigenvalue weighted by Gasteiger charge is 2.50. The summed E-state index contributed by atoms with van der Waals surface area (Å²) in [4.78, 5) is 17.6. The van der Waals surface area contributed by atoms with Crippen LogP contribution in [-0.4, -0.2) is 50.8 Å². The van der Waals surface area contributed by atoms with E-state index in [9.17, 15) is 13.2 Å². The van der Waals surface area contributed by atoms with Gasteiger partial charge < -0.3 is 10.2 Å². The van der Waals surface area contributed by atoms with Crippen LogP contribution < -0.4 is 10.2 Å². The highest BCUT2D eigenvalue weighted by molar-refractivity contribution is 7.90. The predicted molar refractivity (Wildman–Crippen MR) is 109 cm³/mol. The van der Waals surface area contributed by atoms with Crippen molar-refractivity contribution in [1.29, 1.82) is 0 Å². The van der Waals surface area contributed by atoms with Crippen LogP contribution in [0.5, 0.6) is 0 Å². The van der Waals surface area contributed by atoms with Crippen molar-refractivity contribution in [3.05, 3.63) is 60.2 Å². The Kier molecular flexibility index (Phi) is 4.89. The van der Waals surface area contributed by atoms with E-state index in [-0.39, 0.29) is 5.91 Å². The zero-order chi connectivity index (χ0) is 19.8. The summed E-state index contributed by atoms with van der Waals surface area (Å²) < 4.78 is 23.2. The summed E-state index contributed by atoms with van der Waals surface area (Å²) in [5, 5.41) is 3.03. The van der Waals surface area contributed by atoms with Gasteiger partial charge in [0.25, 0.3) is 0 Å². The van der Waals surface area contributed by atoms with Crippen LogP contribution in [0.25, 0.3) is 0 Å². The molecule has 2 saturated heterocycles. The van der Waals surface area contributed by atoms with E-state index in [1.165, 1.54) is 6.26 Å². The monoisotopic (exact) mass is 399 g/mol. The van der Waals surface area contributed by atoms with Crippen LogP contribution in [0.3, 0.4) is 0 Å². The minimum Gasteiger partial charge on any atom is -0.339 e. The Labute approximate surface area is 166 Å². The summed E-state index contributed by atoms with van der Waals surface area (Å²) in [5.41, 5.74) is 1.68. The average molecular weight is 400 g/mol. The molecule has 2 aliphatic rings. The van der Waals surface area contributed by atoms with E-state index in [2.05, 4.69) is 27.2 Å². The second-order valence-corrected chi connectivity index (χ2v) is 9.67. The lowest BCUT2D eigenvalue weighted by Gasteiger charge is -2.43. The second-order valence-electron chi connectivity index (χ2n) is 7.65. The van der Waals surface area contributed by atoms with Gasteiger partial charge in [-0.25, -0.2) is 8.42 Å². The molecular weight excluding hydrogens is 374 g/mol. The summed E-state index contributed by atoms with van der Waals surface area (Å²) >= 11 is 0. The number of nitrogens with one attached hydrogen (secondary N) is 1. The van der Waals surface area contributed by atoms with Crippen molar-refractivity contribution in [2.75, 3.05) is 30.9 Å². The van der Waals surface area contributed by atoms with Gasteiger partial charge in [0, 0.05) is 31.6 Å². The summed E-state index contributed by atoms with van der Waals surface area (Å²) in [6, 6.07) is 17.2. The predicted octanol–water partition coefficient (Wildman–Crippen LogP) is 2.02. The number of amides is 1. The van der Waals surface area contributed by atoms with Crippen molar-refractivity contribution in [1.82, 2.24) is 10.2 Å². The molecule has 2 aromatic carbocycles. The number of benzene rings is 2. The molecule has 0 aromatic heterocycles. The number of rotatable bonds is 4. The Hall–Kier alpha value is -2.38. The van der Waals surface area contributed by atoms with Gasteiger partial charge in [0.2, 0.25) is 5.91 Å². The fourth-order valence-electron chi connectivity index (χ4n) is 4.21. The number of nitrogens with zero attached hydrogens (tertiary/aromatic N) is 2. The van der Waals surface area contributed by atoms with Gasteiger partial charge in [-0.15, -0.1) is 0 Å². The van der Waals surface area contributed by atoms with E-state index < -0.39 is 15.4 Å². The normalized spacial score (nSPS) is 19.8. The smallest absolute Gasteiger partial charge is 0.247 e. The molecule has 2 fully saturated rings. The lowest BCUT2D eigenvalue weighted by molar-refractivity contribution is -0.125. The Morgan fingerprint density at radius 1 is 1.00 bits per heavy atom. The molecule has 4 rings (SSSR count). The van der Waals surface area contributed by atoms with Gasteiger partial charge in [0.05, 0.1) is 11.6 Å². The van der Waals surface area contributed by atoms with Gasteiger partial charge >= 0.3 is 0 Å². The Morgan fingerprint density at radius 2 is 1.64 bits per heavy atom. The van der Waals surface area contributed by atoms with Crippen molar-refractivity contribution in [2.24, 2.45) is 0 Å². The molecule has 2 heterocycles. The van der Waals surface area contributed by atoms with E-state index in [4.69, 9.17) is 0 Å². The first kappa shape index (κ1) is 19.0. The fourth-order valence-corrected chi connectivity index (χ4v) is 4.84. The van der Waals surface area contributed by atoms with E-state index in [1.807, 2.05) is 30.3 Å². The van der Waals surface area contributed by atoms with Gasteiger partial charge in [-0.1, -0.05) is 30.3 Å². The topological polar surface area (TPSA) is 69.7 Å². The summed E-state index contributed by atoms with van der Waals surface area (Å²) in [7, 11) is -3.17. The van der Waals surface area contributed by atoms with Crippen molar-refractivity contribution < 1.29 is 13.2 Å². The maximum absolute atomic E-state index is 12.7. The number of para-hydroxylation sites is 1. The quantitative estimate of drug-likeness (QED) is 0.852. The SMILES string of the molecule is CS(=O)(=O)c1ccc(CN2CCC3(CC2)C(=O)NCN3c2ccccc2)cc1. The molecule has 0 aliphatic carbocycles. The van der Waals surface area contributed by atoms with Crippen molar-refractivity contribution in [3.8, 4) is 0 Å². The number of carbonyl (C=O) groups excluding carboxylic acids is 1. The molecular formula is C21H25N3O3S. The standard InChI is InChI=1S/C21H25N3O3S/c1-28(26,27)19-9-7-17(8-10-19)15-23-13-11-21(12-14-23)20(25)22-16-24(21)18-5-3-2-4-6-18/h2-10H,11-16H2,1H3,(H,22,25). The van der Waals surface area contributed by atoms with Gasteiger partial charge in [-0.05, 0) is 42.7 Å². The highest BCUT2D eigenvalue weighted by Crippen LogP contribution is 2.36. The van der Waals surface area contributed by atoms with E-state index >= 15 is 0 Å². The van der Waals surface area contributed by atoms with E-state index in [0.717, 1.165) is 43.7 Å². The number of anilines is 1. The molecule has 7 heteroatoms. The number of sulfone groups is 1. The summed E-state index contributed by atoms with van der Waals surface area (Å²) in [5.74, 6) is 0.119. The molecule has 28 heavy (non-hydrogen) atoms. The number of hydrogen-bond acceptors (Lipinski definition) is 5. The van der Waals surface area contributed by atoms with E-state index in [1.54, 1.807) is 12.1 Å². The number of likely N-dealkylation sites (tertiary alicyclic amines) is 1. The third-order valence-corrected chi connectivity index (χ3v) is 6.97. The first-order valence-corrected chi connectivity index (χ1v) is 11.4. The molecule has 0 radical (unpaired) electrons. The molecule has 2 aliphatic heterocycles. The number of piperidine rings is 1. The highest BCUT2D eigenvalue weighted by atomic mass is 32.2. The third-order valence-electron chi connectivity index (χ3n) is 5.85. The zero-order valence-corrected chi connectivity index (χ0v) is 16.8. The van der Waals surface area contributed by atoms with Crippen LogP contribution in [0.15, 0.2) is 59.5 Å². The van der Waals surface area contributed by atoms with Crippen LogP contribution in [-0.2, 0) is 21.2 Å². The first-order valence-electron chi connectivity index (χ1n) is 9.51. The van der Waals surface area contributed by atoms with Crippen molar-refractivity contribution in [2.45, 2.75) is 29.8 Å². The molecule has 0 saturated carbocycles. The minimum atomic E-state index is -3.17. The minimum absolute atomic E-state index is 0.119. The van der Waals surface area contributed by atoms with Gasteiger partial charge in [0.1, 0.15) is 5.54 Å². The molecule has 0 unspecified atom stereocenters. The fraction of sp³-hybridized carbons (Fsp3) is 0.381. The maximum atomic E-state index is 12.7. The lowest BCUT2D eigenvalue weighted by atomic mass is 9.85. The Bertz CT molecular complexity index is 950. The summed E-state index contributed by atoms with van der Waals surface area (Å²) in [6.07, 6.45) is 2.77. The molecule has 6 nitrogen and oxygen atoms in total. The lowest BCUT2D eigenvalue weighted by Crippen LogP contribution is -2.56. The molecule has 148 valence electrons. The first-order chi connectivity index (χ1) is 13.4. The van der Waals surface area contributed by atoms with Crippen LogP contribution in [0.2, 0.25) is 0 Å². The Balaban J connectivity index is 1.44. The number of hydrogen-bond donors (Lipinski definition) is 1. The molecule has 0 bridgehead atoms. The number of carbonyl (C=O) groups is 1. The molecule has 2 aromatic rings. The van der Waals surface area contributed by atoms with Gasteiger partial charge in [0.15, 0.2) is 9.84 Å². The van der Waals surface area contributed by atoms with Crippen LogP contribution in [0.1, 0.15) is 18.4 Å². The van der Waals surface area contributed by atoms with Crippen LogP contribution in [0.4, 0.5) is 5.69 Å². The molecule has 0 atom stereocenters. The average Bonchev–Trinajstić information content (AvgIpc) is 3.00. The molecule has 1 N–H and O–H groups in total. The van der Waals surface area contributed by atoms with Gasteiger partial charge in [-0.2, -0.15) is 0 Å². The molecule has 1 amide bonds. The third kappa shape index (κ3) is 3.52. The van der Waals surface area contributed by atoms with Crippen LogP contribution in [0, 0.1) is 0 Å². The van der Waals surface area contributed by atoms with Crippen molar-refractivity contribution >= 4 is 21.4 Å². The Morgan fingerprint density at radius 3 is 2.25 bits per heavy atom. The van der Waals surface area contributed by atoms with E-state index in [0.29, 0.717) is 11.6 Å².